The van der Waals surface area contributed by atoms with E-state index in [1.54, 1.807) is 30.9 Å². The summed E-state index contributed by atoms with van der Waals surface area (Å²) in [5, 5.41) is 11.7. The van der Waals surface area contributed by atoms with Crippen molar-refractivity contribution in [2.24, 2.45) is 11.8 Å². The molecule has 2 unspecified atom stereocenters. The van der Waals surface area contributed by atoms with Gasteiger partial charge in [-0.25, -0.2) is 19.2 Å². The Balaban J connectivity index is 1.21. The van der Waals surface area contributed by atoms with Gasteiger partial charge < -0.3 is 29.0 Å². The highest BCUT2D eigenvalue weighted by molar-refractivity contribution is 7.18. The van der Waals surface area contributed by atoms with E-state index in [0.29, 0.717) is 54.6 Å². The molecule has 38 heavy (non-hydrogen) atoms. The number of thiophene rings is 1. The van der Waals surface area contributed by atoms with Gasteiger partial charge in [-0.3, -0.25) is 0 Å². The number of fused-ring (bicyclic) bond motifs is 3. The van der Waals surface area contributed by atoms with Gasteiger partial charge in [0.05, 0.1) is 24.3 Å². The lowest BCUT2D eigenvalue weighted by atomic mass is 9.84. The van der Waals surface area contributed by atoms with Crippen LogP contribution < -0.4 is 9.47 Å². The van der Waals surface area contributed by atoms with Crippen LogP contribution in [0.2, 0.25) is 0 Å². The Bertz CT molecular complexity index is 1330. The van der Waals surface area contributed by atoms with Gasteiger partial charge in [-0.15, -0.1) is 11.3 Å². The third kappa shape index (κ3) is 5.27. The minimum absolute atomic E-state index is 0.00686. The number of carbonyl (C=O) groups is 1. The number of amides is 1. The average molecular weight is 544 g/mol. The highest BCUT2D eigenvalue weighted by Gasteiger charge is 2.45. The third-order valence-corrected chi connectivity index (χ3v) is 7.90. The average Bonchev–Trinajstić information content (AvgIpc) is 3.57. The van der Waals surface area contributed by atoms with Crippen molar-refractivity contribution in [2.75, 3.05) is 32.9 Å². The summed E-state index contributed by atoms with van der Waals surface area (Å²) in [5.41, 5.74) is 0.623. The minimum atomic E-state index is -1.02. The summed E-state index contributed by atoms with van der Waals surface area (Å²) in [6.45, 7) is 5.29. The van der Waals surface area contributed by atoms with E-state index < -0.39 is 11.4 Å². The molecule has 11 heteroatoms. The fourth-order valence-corrected chi connectivity index (χ4v) is 5.89. The zero-order chi connectivity index (χ0) is 26.4. The lowest BCUT2D eigenvalue weighted by molar-refractivity contribution is -0.109. The molecule has 3 fully saturated rings. The number of ether oxygens (including phenoxy) is 4. The Morgan fingerprint density at radius 1 is 1.21 bits per heavy atom. The van der Waals surface area contributed by atoms with Crippen molar-refractivity contribution in [3.05, 3.63) is 35.7 Å². The minimum Gasteiger partial charge on any atom is -0.491 e. The van der Waals surface area contributed by atoms with E-state index in [-0.39, 0.29) is 36.7 Å². The van der Waals surface area contributed by atoms with Crippen LogP contribution in [0.1, 0.15) is 26.7 Å². The zero-order valence-electron chi connectivity index (χ0n) is 21.3. The maximum absolute atomic E-state index is 15.1. The topological polar surface area (TPSA) is 103 Å². The van der Waals surface area contributed by atoms with Gasteiger partial charge in [-0.2, -0.15) is 0 Å². The van der Waals surface area contributed by atoms with Crippen molar-refractivity contribution in [1.29, 1.82) is 0 Å². The molecule has 202 valence electrons. The number of halogens is 1. The molecule has 3 aromatic rings. The van der Waals surface area contributed by atoms with E-state index >= 15 is 4.39 Å². The van der Waals surface area contributed by atoms with Crippen LogP contribution in [0.4, 0.5) is 9.18 Å². The van der Waals surface area contributed by atoms with E-state index in [4.69, 9.17) is 18.9 Å². The second-order valence-corrected chi connectivity index (χ2v) is 11.8. The molecule has 1 N–H and O–H groups in total. The Morgan fingerprint density at radius 3 is 2.66 bits per heavy atom. The van der Waals surface area contributed by atoms with Crippen molar-refractivity contribution in [3.63, 3.8) is 0 Å². The summed E-state index contributed by atoms with van der Waals surface area (Å²) in [5.74, 6) is 0.330. The number of nitrogens with zero attached hydrogens (tertiary/aromatic N) is 3. The molecule has 2 saturated heterocycles. The molecule has 1 saturated carbocycles. The molecule has 2 bridgehead atoms. The Hall–Kier alpha value is -3.02. The molecular formula is C27H30FN3O6S. The van der Waals surface area contributed by atoms with Crippen LogP contribution in [0.5, 0.6) is 11.6 Å². The highest BCUT2D eigenvalue weighted by Crippen LogP contribution is 2.40. The number of aromatic nitrogens is 2. The summed E-state index contributed by atoms with van der Waals surface area (Å²) in [4.78, 5) is 23.2. The maximum Gasteiger partial charge on any atom is 0.410 e. The SMILES string of the molecule is CC(C)(O)COc1ccc(-c2csc3c(OC4C5COCC4CN(C(=O)OC4CC4)C5)ncnc23)c(F)c1. The Kier molecular flexibility index (Phi) is 6.61. The molecule has 9 nitrogen and oxygen atoms in total. The second kappa shape index (κ2) is 9.94. The number of rotatable bonds is 7. The molecule has 0 radical (unpaired) electrons. The predicted molar refractivity (Wildman–Crippen MR) is 138 cm³/mol. The van der Waals surface area contributed by atoms with Crippen LogP contribution in [-0.4, -0.2) is 76.8 Å². The van der Waals surface area contributed by atoms with Crippen LogP contribution in [0.25, 0.3) is 21.3 Å². The summed E-state index contributed by atoms with van der Waals surface area (Å²) in [7, 11) is 0. The van der Waals surface area contributed by atoms with E-state index in [1.165, 1.54) is 23.7 Å². The van der Waals surface area contributed by atoms with Crippen molar-refractivity contribution in [3.8, 4) is 22.8 Å². The first-order chi connectivity index (χ1) is 18.2. The first kappa shape index (κ1) is 25.3. The predicted octanol–water partition coefficient (Wildman–Crippen LogP) is 4.27. The number of carbonyl (C=O) groups excluding carboxylic acids is 1. The first-order valence-corrected chi connectivity index (χ1v) is 13.7. The second-order valence-electron chi connectivity index (χ2n) is 10.9. The van der Waals surface area contributed by atoms with Crippen LogP contribution in [0, 0.1) is 17.7 Å². The van der Waals surface area contributed by atoms with Gasteiger partial charge in [-0.1, -0.05) is 0 Å². The van der Waals surface area contributed by atoms with Gasteiger partial charge in [-0.05, 0) is 38.8 Å². The number of hydrogen-bond acceptors (Lipinski definition) is 9. The summed E-state index contributed by atoms with van der Waals surface area (Å²) < 4.78 is 39.1. The smallest absolute Gasteiger partial charge is 0.410 e. The maximum atomic E-state index is 15.1. The lowest BCUT2D eigenvalue weighted by Crippen LogP contribution is -2.58. The molecule has 3 aliphatic rings. The summed E-state index contributed by atoms with van der Waals surface area (Å²) in [6.07, 6.45) is 2.96. The fourth-order valence-electron chi connectivity index (χ4n) is 4.94. The third-order valence-electron chi connectivity index (χ3n) is 6.94. The molecule has 1 aliphatic carbocycles. The van der Waals surface area contributed by atoms with E-state index in [2.05, 4.69) is 9.97 Å². The number of likely N-dealkylation sites (tertiary alicyclic amines) is 1. The van der Waals surface area contributed by atoms with E-state index in [1.807, 2.05) is 5.38 Å². The van der Waals surface area contributed by atoms with Gasteiger partial charge in [0, 0.05) is 47.5 Å². The number of aliphatic hydroxyl groups is 1. The quantitative estimate of drug-likeness (QED) is 0.471. The summed E-state index contributed by atoms with van der Waals surface area (Å²) in [6, 6.07) is 4.64. The lowest BCUT2D eigenvalue weighted by Gasteiger charge is -2.45. The number of hydrogen-bond donors (Lipinski definition) is 1. The van der Waals surface area contributed by atoms with E-state index in [9.17, 15) is 9.90 Å². The van der Waals surface area contributed by atoms with Gasteiger partial charge >= 0.3 is 6.09 Å². The van der Waals surface area contributed by atoms with Crippen LogP contribution in [0.3, 0.4) is 0 Å². The van der Waals surface area contributed by atoms with Crippen LogP contribution in [-0.2, 0) is 9.47 Å². The van der Waals surface area contributed by atoms with Crippen LogP contribution in [0.15, 0.2) is 29.9 Å². The van der Waals surface area contributed by atoms with Crippen molar-refractivity contribution in [1.82, 2.24) is 14.9 Å². The van der Waals surface area contributed by atoms with Gasteiger partial charge in [0.25, 0.3) is 0 Å². The van der Waals surface area contributed by atoms with Crippen LogP contribution >= 0.6 is 11.3 Å². The number of benzene rings is 1. The van der Waals surface area contributed by atoms with Gasteiger partial charge in [0.15, 0.2) is 0 Å². The normalized spacial score (nSPS) is 23.4. The monoisotopic (exact) mass is 543 g/mol. The molecule has 2 aromatic heterocycles. The zero-order valence-corrected chi connectivity index (χ0v) is 22.1. The summed E-state index contributed by atoms with van der Waals surface area (Å²) >= 11 is 1.40. The van der Waals surface area contributed by atoms with Gasteiger partial charge in [0.2, 0.25) is 5.88 Å². The molecule has 2 atom stereocenters. The molecule has 6 rings (SSSR count). The standard InChI is InChI=1S/C27H30FN3O6S/c1-27(2,33)13-35-18-5-6-19(21(28)7-18)20-12-38-24-22(20)29-14-30-25(24)37-23-15-8-31(9-16(23)11-34-10-15)26(32)36-17-3-4-17/h5-7,12,14-17,23,33H,3-4,8-11,13H2,1-2H3. The molecule has 2 aliphatic heterocycles. The molecule has 0 spiro atoms. The molecule has 1 amide bonds. The largest absolute Gasteiger partial charge is 0.491 e. The fraction of sp³-hybridized carbons (Fsp3) is 0.519. The highest BCUT2D eigenvalue weighted by atomic mass is 32.1. The van der Waals surface area contributed by atoms with E-state index in [0.717, 1.165) is 17.5 Å². The molecule has 4 heterocycles. The van der Waals surface area contributed by atoms with Crippen molar-refractivity contribution in [2.45, 2.75) is 44.5 Å². The number of piperidine rings is 1. The van der Waals surface area contributed by atoms with Gasteiger partial charge in [0.1, 0.15) is 41.4 Å². The van der Waals surface area contributed by atoms with Crippen molar-refractivity contribution < 1.29 is 33.2 Å². The van der Waals surface area contributed by atoms with Crippen molar-refractivity contribution >= 4 is 27.6 Å². The first-order valence-electron chi connectivity index (χ1n) is 12.8. The Labute approximate surface area is 223 Å². The Morgan fingerprint density at radius 2 is 1.97 bits per heavy atom. The molecule has 1 aromatic carbocycles. The molecular weight excluding hydrogens is 513 g/mol.